The van der Waals surface area contributed by atoms with Crippen LogP contribution in [-0.2, 0) is 0 Å². The Morgan fingerprint density at radius 2 is 1.93 bits per heavy atom. The summed E-state index contributed by atoms with van der Waals surface area (Å²) in [6.07, 6.45) is 0. The Hall–Kier alpha value is -1.62. The lowest BCUT2D eigenvalue weighted by molar-refractivity contribution is -0.384. The molecule has 5 nitrogen and oxygen atoms in total. The molecular formula is C8H7ClN2O3. The maximum Gasteiger partial charge on any atom is 0.320 e. The van der Waals surface area contributed by atoms with Crippen LogP contribution in [0, 0.1) is 10.1 Å². The molecule has 1 aromatic carbocycles. The molecule has 74 valence electrons. The molecule has 0 spiro atoms. The molecule has 6 heteroatoms. The van der Waals surface area contributed by atoms with Gasteiger partial charge in [0, 0.05) is 24.9 Å². The average Bonchev–Trinajstić information content (AvgIpc) is 2.16. The molecule has 1 amide bonds. The third kappa shape index (κ3) is 2.20. The zero-order chi connectivity index (χ0) is 10.7. The molecular weight excluding hydrogens is 208 g/mol. The molecule has 0 saturated carbocycles. The molecule has 0 aliphatic rings. The van der Waals surface area contributed by atoms with Crippen molar-refractivity contribution < 1.29 is 9.72 Å². The van der Waals surface area contributed by atoms with Crippen LogP contribution in [0.4, 0.5) is 16.2 Å². The number of anilines is 1. The highest BCUT2D eigenvalue weighted by Gasteiger charge is 2.09. The summed E-state index contributed by atoms with van der Waals surface area (Å²) in [4.78, 5) is 21.7. The van der Waals surface area contributed by atoms with E-state index in [0.29, 0.717) is 5.69 Å². The Labute approximate surface area is 85.0 Å². The van der Waals surface area contributed by atoms with E-state index in [1.807, 2.05) is 0 Å². The molecule has 0 aliphatic heterocycles. The molecule has 0 atom stereocenters. The minimum Gasteiger partial charge on any atom is -0.302 e. The number of carbonyl (C=O) groups excluding carboxylic acids is 1. The summed E-state index contributed by atoms with van der Waals surface area (Å²) < 4.78 is 0. The highest BCUT2D eigenvalue weighted by Crippen LogP contribution is 2.18. The smallest absolute Gasteiger partial charge is 0.302 e. The van der Waals surface area contributed by atoms with Gasteiger partial charge in [-0.3, -0.25) is 14.9 Å². The van der Waals surface area contributed by atoms with Gasteiger partial charge in [-0.15, -0.1) is 0 Å². The number of hydrogen-bond donors (Lipinski definition) is 0. The van der Waals surface area contributed by atoms with E-state index in [0.717, 1.165) is 0 Å². The summed E-state index contributed by atoms with van der Waals surface area (Å²) in [5.74, 6) is 0. The first-order chi connectivity index (χ1) is 6.52. The van der Waals surface area contributed by atoms with Crippen molar-refractivity contribution in [3.8, 4) is 0 Å². The van der Waals surface area contributed by atoms with Gasteiger partial charge in [0.1, 0.15) is 0 Å². The Kier molecular flexibility index (Phi) is 3.03. The Morgan fingerprint density at radius 1 is 1.43 bits per heavy atom. The van der Waals surface area contributed by atoms with Crippen LogP contribution in [0.1, 0.15) is 0 Å². The van der Waals surface area contributed by atoms with Crippen molar-refractivity contribution in [3.63, 3.8) is 0 Å². The van der Waals surface area contributed by atoms with Gasteiger partial charge in [-0.2, -0.15) is 0 Å². The first kappa shape index (κ1) is 10.5. The summed E-state index contributed by atoms with van der Waals surface area (Å²) in [6.45, 7) is 0. The van der Waals surface area contributed by atoms with Crippen LogP contribution >= 0.6 is 11.6 Å². The van der Waals surface area contributed by atoms with Gasteiger partial charge >= 0.3 is 5.37 Å². The van der Waals surface area contributed by atoms with Crippen LogP contribution in [-0.4, -0.2) is 17.3 Å². The number of non-ortho nitro benzene ring substituents is 1. The van der Waals surface area contributed by atoms with Crippen molar-refractivity contribution in [2.45, 2.75) is 0 Å². The van der Waals surface area contributed by atoms with Gasteiger partial charge < -0.3 is 4.90 Å². The molecule has 1 rings (SSSR count). The standard InChI is InChI=1S/C8H7ClN2O3/c1-10(8(9)12)6-2-4-7(5-3-6)11(13)14/h2-5H,1H3. The molecule has 0 aliphatic carbocycles. The monoisotopic (exact) mass is 214 g/mol. The zero-order valence-electron chi connectivity index (χ0n) is 7.31. The summed E-state index contributed by atoms with van der Waals surface area (Å²) >= 11 is 5.22. The fourth-order valence-electron chi connectivity index (χ4n) is 0.899. The number of rotatable bonds is 2. The number of benzene rings is 1. The highest BCUT2D eigenvalue weighted by molar-refractivity contribution is 6.66. The fourth-order valence-corrected chi connectivity index (χ4v) is 0.997. The van der Waals surface area contributed by atoms with Crippen LogP contribution in [0.15, 0.2) is 24.3 Å². The van der Waals surface area contributed by atoms with Crippen molar-refractivity contribution >= 4 is 28.3 Å². The van der Waals surface area contributed by atoms with Crippen molar-refractivity contribution in [2.24, 2.45) is 0 Å². The molecule has 0 saturated heterocycles. The number of nitro groups is 1. The van der Waals surface area contributed by atoms with E-state index in [-0.39, 0.29) is 5.69 Å². The first-order valence-corrected chi connectivity index (χ1v) is 4.08. The normalized spacial score (nSPS) is 9.57. The molecule has 0 fully saturated rings. The maximum absolute atomic E-state index is 10.7. The number of carbonyl (C=O) groups is 1. The van der Waals surface area contributed by atoms with Crippen LogP contribution in [0.3, 0.4) is 0 Å². The molecule has 0 unspecified atom stereocenters. The number of halogens is 1. The summed E-state index contributed by atoms with van der Waals surface area (Å²) in [5, 5.41) is 9.67. The first-order valence-electron chi connectivity index (χ1n) is 3.70. The molecule has 0 aromatic heterocycles. The topological polar surface area (TPSA) is 63.5 Å². The molecule has 0 bridgehead atoms. The SMILES string of the molecule is CN(C(=O)Cl)c1ccc([N+](=O)[O-])cc1. The Balaban J connectivity index is 2.94. The number of amides is 1. The van der Waals surface area contributed by atoms with E-state index in [9.17, 15) is 14.9 Å². The zero-order valence-corrected chi connectivity index (χ0v) is 8.06. The largest absolute Gasteiger partial charge is 0.320 e. The molecule has 0 radical (unpaired) electrons. The minimum atomic E-state index is -0.640. The summed E-state index contributed by atoms with van der Waals surface area (Å²) in [7, 11) is 1.48. The van der Waals surface area contributed by atoms with E-state index in [2.05, 4.69) is 0 Å². The second kappa shape index (κ2) is 4.06. The van der Waals surface area contributed by atoms with Crippen molar-refractivity contribution in [1.29, 1.82) is 0 Å². The van der Waals surface area contributed by atoms with Crippen LogP contribution in [0.2, 0.25) is 0 Å². The lowest BCUT2D eigenvalue weighted by Gasteiger charge is -2.12. The second-order valence-electron chi connectivity index (χ2n) is 2.59. The van der Waals surface area contributed by atoms with Gasteiger partial charge in [0.2, 0.25) is 0 Å². The average molecular weight is 215 g/mol. The van der Waals surface area contributed by atoms with Crippen molar-refractivity contribution in [1.82, 2.24) is 0 Å². The molecule has 1 aromatic rings. The van der Waals surface area contributed by atoms with Crippen LogP contribution in [0.5, 0.6) is 0 Å². The predicted molar refractivity (Wildman–Crippen MR) is 52.7 cm³/mol. The van der Waals surface area contributed by atoms with Crippen molar-refractivity contribution in [2.75, 3.05) is 11.9 Å². The maximum atomic E-state index is 10.7. The number of hydrogen-bond acceptors (Lipinski definition) is 3. The van der Waals surface area contributed by atoms with Gasteiger partial charge in [0.25, 0.3) is 5.69 Å². The Bertz CT molecular complexity index is 363. The van der Waals surface area contributed by atoms with E-state index in [1.165, 1.54) is 36.2 Å². The third-order valence-electron chi connectivity index (χ3n) is 1.71. The van der Waals surface area contributed by atoms with E-state index < -0.39 is 10.3 Å². The van der Waals surface area contributed by atoms with Gasteiger partial charge in [-0.25, -0.2) is 0 Å². The van der Waals surface area contributed by atoms with Gasteiger partial charge in [0.05, 0.1) is 4.92 Å². The second-order valence-corrected chi connectivity index (χ2v) is 2.91. The lowest BCUT2D eigenvalue weighted by Crippen LogP contribution is -2.19. The summed E-state index contributed by atoms with van der Waals surface area (Å²) in [5.41, 5.74) is 0.486. The third-order valence-corrected chi connectivity index (χ3v) is 1.97. The van der Waals surface area contributed by atoms with Crippen LogP contribution in [0.25, 0.3) is 0 Å². The van der Waals surface area contributed by atoms with E-state index in [4.69, 9.17) is 11.6 Å². The lowest BCUT2D eigenvalue weighted by atomic mass is 10.3. The number of nitro benzene ring substituents is 1. The highest BCUT2D eigenvalue weighted by atomic mass is 35.5. The van der Waals surface area contributed by atoms with Gasteiger partial charge in [-0.1, -0.05) is 0 Å². The minimum absolute atomic E-state index is 0.0239. The fraction of sp³-hybridized carbons (Fsp3) is 0.125. The van der Waals surface area contributed by atoms with Crippen molar-refractivity contribution in [3.05, 3.63) is 34.4 Å². The number of nitrogens with zero attached hydrogens (tertiary/aromatic N) is 2. The quantitative estimate of drug-likeness (QED) is 0.329. The van der Waals surface area contributed by atoms with Crippen LogP contribution < -0.4 is 4.90 Å². The predicted octanol–water partition coefficient (Wildman–Crippen LogP) is 2.39. The molecule has 0 N–H and O–H groups in total. The van der Waals surface area contributed by atoms with E-state index >= 15 is 0 Å². The van der Waals surface area contributed by atoms with Gasteiger partial charge in [-0.05, 0) is 23.7 Å². The molecule has 14 heavy (non-hydrogen) atoms. The van der Waals surface area contributed by atoms with E-state index in [1.54, 1.807) is 0 Å². The van der Waals surface area contributed by atoms with Gasteiger partial charge in [0.15, 0.2) is 0 Å². The summed E-state index contributed by atoms with van der Waals surface area (Å²) in [6, 6.07) is 5.54. The Morgan fingerprint density at radius 3 is 2.29 bits per heavy atom. The molecule has 0 heterocycles.